The van der Waals surface area contributed by atoms with E-state index in [2.05, 4.69) is 21.3 Å². The van der Waals surface area contributed by atoms with Gasteiger partial charge in [-0.1, -0.05) is 0 Å². The summed E-state index contributed by atoms with van der Waals surface area (Å²) in [7, 11) is 0. The highest BCUT2D eigenvalue weighted by Gasteiger charge is 2.09. The van der Waals surface area contributed by atoms with E-state index in [1.165, 1.54) is 4.40 Å². The lowest BCUT2D eigenvalue weighted by atomic mass is 10.4. The number of rotatable bonds is 1. The molecule has 0 radical (unpaired) electrons. The Labute approximate surface area is 101 Å². The number of hydrogen-bond donors (Lipinski definition) is 1. The van der Waals surface area contributed by atoms with Gasteiger partial charge >= 0.3 is 5.69 Å². The van der Waals surface area contributed by atoms with Crippen LogP contribution in [0.4, 0.5) is 0 Å². The zero-order valence-corrected chi connectivity index (χ0v) is 9.45. The van der Waals surface area contributed by atoms with Gasteiger partial charge in [-0.05, 0) is 19.1 Å². The van der Waals surface area contributed by atoms with Gasteiger partial charge in [0.05, 0.1) is 0 Å². The van der Waals surface area contributed by atoms with Crippen LogP contribution in [0.3, 0.4) is 0 Å². The zero-order valence-electron chi connectivity index (χ0n) is 9.45. The normalized spacial score (nSPS) is 10.7. The molecule has 0 amide bonds. The van der Waals surface area contributed by atoms with Crippen LogP contribution >= 0.6 is 0 Å². The van der Waals surface area contributed by atoms with E-state index < -0.39 is 0 Å². The molecule has 0 aliphatic rings. The minimum Gasteiger partial charge on any atom is -0.292 e. The van der Waals surface area contributed by atoms with Gasteiger partial charge in [-0.25, -0.2) is 19.3 Å². The Balaban J connectivity index is 2.32. The van der Waals surface area contributed by atoms with Crippen molar-refractivity contribution < 1.29 is 0 Å². The van der Waals surface area contributed by atoms with Gasteiger partial charge in [0, 0.05) is 12.3 Å². The summed E-state index contributed by atoms with van der Waals surface area (Å²) in [6, 6.07) is 7.17. The Morgan fingerprint density at radius 2 is 2.33 bits per heavy atom. The molecule has 0 saturated heterocycles. The average molecular weight is 240 g/mol. The van der Waals surface area contributed by atoms with E-state index in [0.29, 0.717) is 23.0 Å². The topological polar surface area (TPSA) is 91.8 Å². The summed E-state index contributed by atoms with van der Waals surface area (Å²) in [6.07, 6.45) is 1.74. The van der Waals surface area contributed by atoms with Crippen molar-refractivity contribution in [1.29, 1.82) is 5.26 Å². The molecule has 3 aromatic rings. The van der Waals surface area contributed by atoms with Crippen molar-refractivity contribution in [3.05, 3.63) is 46.4 Å². The first-order chi connectivity index (χ1) is 8.70. The highest BCUT2D eigenvalue weighted by molar-refractivity contribution is 5.46. The quantitative estimate of drug-likeness (QED) is 0.665. The molecule has 0 atom stereocenters. The predicted octanol–water partition coefficient (Wildman–Crippen LogP) is 0.388. The maximum atomic E-state index is 11.5. The second-order valence-corrected chi connectivity index (χ2v) is 3.76. The largest absolute Gasteiger partial charge is 0.349 e. The Kier molecular flexibility index (Phi) is 2.04. The second-order valence-electron chi connectivity index (χ2n) is 3.76. The molecule has 0 bridgehead atoms. The number of aromatic nitrogens is 5. The molecule has 0 fully saturated rings. The van der Waals surface area contributed by atoms with Crippen molar-refractivity contribution >= 4 is 5.65 Å². The second kappa shape index (κ2) is 3.56. The first-order valence-electron chi connectivity index (χ1n) is 5.23. The van der Waals surface area contributed by atoms with Crippen LogP contribution < -0.4 is 5.69 Å². The lowest BCUT2D eigenvalue weighted by Gasteiger charge is -2.05. The number of nitriles is 1. The molecule has 7 heteroatoms. The summed E-state index contributed by atoms with van der Waals surface area (Å²) in [6.45, 7) is 1.71. The maximum Gasteiger partial charge on any atom is 0.349 e. The number of hydrogen-bond acceptors (Lipinski definition) is 4. The van der Waals surface area contributed by atoms with E-state index in [9.17, 15) is 4.79 Å². The third-order valence-electron chi connectivity index (χ3n) is 2.67. The molecule has 0 aliphatic carbocycles. The number of aromatic amines is 1. The standard InChI is InChI=1S/C11H8N6O/c1-7-13-9(16-4-2-3-8(16)6-12)5-10-14-15-11(18)17(7)10/h2-5H,1H3,(H,15,18). The average Bonchev–Trinajstić information content (AvgIpc) is 2.95. The molecule has 88 valence electrons. The molecule has 3 rings (SSSR count). The van der Waals surface area contributed by atoms with E-state index in [-0.39, 0.29) is 5.69 Å². The molecule has 0 aromatic carbocycles. The summed E-state index contributed by atoms with van der Waals surface area (Å²) in [5.41, 5.74) is 0.624. The fourth-order valence-corrected chi connectivity index (χ4v) is 1.88. The molecular formula is C11H8N6O. The van der Waals surface area contributed by atoms with Crippen molar-refractivity contribution in [1.82, 2.24) is 24.1 Å². The molecule has 7 nitrogen and oxygen atoms in total. The van der Waals surface area contributed by atoms with E-state index >= 15 is 0 Å². The maximum absolute atomic E-state index is 11.5. The van der Waals surface area contributed by atoms with Gasteiger partial charge in [-0.3, -0.25) is 4.57 Å². The summed E-state index contributed by atoms with van der Waals surface area (Å²) >= 11 is 0. The lowest BCUT2D eigenvalue weighted by Crippen LogP contribution is -2.14. The van der Waals surface area contributed by atoms with E-state index in [0.717, 1.165) is 0 Å². The monoisotopic (exact) mass is 240 g/mol. The summed E-state index contributed by atoms with van der Waals surface area (Å²) in [5, 5.41) is 15.2. The first kappa shape index (κ1) is 10.3. The third-order valence-corrected chi connectivity index (χ3v) is 2.67. The van der Waals surface area contributed by atoms with E-state index in [4.69, 9.17) is 5.26 Å². The molecule has 0 spiro atoms. The molecule has 18 heavy (non-hydrogen) atoms. The number of aryl methyl sites for hydroxylation is 1. The van der Waals surface area contributed by atoms with Crippen molar-refractivity contribution in [3.63, 3.8) is 0 Å². The van der Waals surface area contributed by atoms with Gasteiger partial charge in [0.2, 0.25) is 0 Å². The van der Waals surface area contributed by atoms with Crippen LogP contribution in [0.25, 0.3) is 11.5 Å². The number of nitrogens with zero attached hydrogens (tertiary/aromatic N) is 5. The highest BCUT2D eigenvalue weighted by Crippen LogP contribution is 2.11. The Morgan fingerprint density at radius 3 is 3.11 bits per heavy atom. The minimum absolute atomic E-state index is 0.324. The van der Waals surface area contributed by atoms with Gasteiger partial charge in [-0.15, -0.1) is 0 Å². The minimum atomic E-state index is -0.324. The summed E-state index contributed by atoms with van der Waals surface area (Å²) in [5.74, 6) is 1.07. The Hall–Kier alpha value is -2.88. The van der Waals surface area contributed by atoms with Crippen LogP contribution in [-0.2, 0) is 0 Å². The molecule has 0 saturated carbocycles. The Bertz CT molecular complexity index is 831. The van der Waals surface area contributed by atoms with Gasteiger partial charge < -0.3 is 0 Å². The van der Waals surface area contributed by atoms with Gasteiger partial charge in [0.25, 0.3) is 0 Å². The number of H-pyrrole nitrogens is 1. The number of nitrogens with one attached hydrogen (secondary N) is 1. The fourth-order valence-electron chi connectivity index (χ4n) is 1.88. The smallest absolute Gasteiger partial charge is 0.292 e. The summed E-state index contributed by atoms with van der Waals surface area (Å²) in [4.78, 5) is 15.8. The van der Waals surface area contributed by atoms with Crippen LogP contribution in [0.5, 0.6) is 0 Å². The molecule has 3 aromatic heterocycles. The van der Waals surface area contributed by atoms with Crippen molar-refractivity contribution in [3.8, 4) is 11.9 Å². The first-order valence-corrected chi connectivity index (χ1v) is 5.23. The van der Waals surface area contributed by atoms with Gasteiger partial charge in [0.1, 0.15) is 23.4 Å². The van der Waals surface area contributed by atoms with Gasteiger partial charge in [0.15, 0.2) is 5.65 Å². The van der Waals surface area contributed by atoms with E-state index in [1.54, 1.807) is 35.9 Å². The van der Waals surface area contributed by atoms with Crippen molar-refractivity contribution in [2.45, 2.75) is 6.92 Å². The molecular weight excluding hydrogens is 232 g/mol. The Morgan fingerprint density at radius 1 is 1.50 bits per heavy atom. The van der Waals surface area contributed by atoms with Crippen LogP contribution in [0.2, 0.25) is 0 Å². The SMILES string of the molecule is Cc1nc(-n2cccc2C#N)cc2n[nH]c(=O)n12. The molecule has 0 aliphatic heterocycles. The summed E-state index contributed by atoms with van der Waals surface area (Å²) < 4.78 is 3.02. The van der Waals surface area contributed by atoms with Crippen LogP contribution in [0.15, 0.2) is 29.2 Å². The van der Waals surface area contributed by atoms with Crippen LogP contribution in [0, 0.1) is 18.3 Å². The van der Waals surface area contributed by atoms with Crippen molar-refractivity contribution in [2.75, 3.05) is 0 Å². The number of fused-ring (bicyclic) bond motifs is 1. The highest BCUT2D eigenvalue weighted by atomic mass is 16.1. The predicted molar refractivity (Wildman–Crippen MR) is 62.4 cm³/mol. The van der Waals surface area contributed by atoms with Crippen LogP contribution in [0.1, 0.15) is 11.5 Å². The fraction of sp³-hybridized carbons (Fsp3) is 0.0909. The van der Waals surface area contributed by atoms with Crippen LogP contribution in [-0.4, -0.2) is 24.1 Å². The van der Waals surface area contributed by atoms with Crippen molar-refractivity contribution in [2.24, 2.45) is 0 Å². The zero-order chi connectivity index (χ0) is 12.7. The van der Waals surface area contributed by atoms with Gasteiger partial charge in [-0.2, -0.15) is 10.4 Å². The van der Waals surface area contributed by atoms with E-state index in [1.807, 2.05) is 0 Å². The third kappa shape index (κ3) is 1.33. The molecule has 0 unspecified atom stereocenters. The lowest BCUT2D eigenvalue weighted by molar-refractivity contribution is 0.891. The molecule has 3 heterocycles. The molecule has 1 N–H and O–H groups in total.